The molecule has 1 aromatic heterocycles. The summed E-state index contributed by atoms with van der Waals surface area (Å²) in [5.41, 5.74) is 1.55. The lowest BCUT2D eigenvalue weighted by molar-refractivity contribution is -0.143. The SMILES string of the molecule is CCOC(=O)Cn1c(=NC(=O)CCS(=O)(=O)c2ccccc2)sc2cc(Cl)cc(C)c21. The zero-order valence-corrected chi connectivity index (χ0v) is 19.4. The van der Waals surface area contributed by atoms with E-state index in [0.717, 1.165) is 15.8 Å². The zero-order chi connectivity index (χ0) is 22.6. The number of aromatic nitrogens is 1. The second-order valence-electron chi connectivity index (χ2n) is 6.73. The van der Waals surface area contributed by atoms with Gasteiger partial charge < -0.3 is 9.30 Å². The highest BCUT2D eigenvalue weighted by molar-refractivity contribution is 7.91. The molecule has 0 unspecified atom stereocenters. The number of halogens is 1. The third kappa shape index (κ3) is 5.61. The van der Waals surface area contributed by atoms with E-state index in [2.05, 4.69) is 4.99 Å². The third-order valence-electron chi connectivity index (χ3n) is 4.43. The first kappa shape index (κ1) is 23.2. The van der Waals surface area contributed by atoms with Crippen LogP contribution in [0.4, 0.5) is 0 Å². The first-order chi connectivity index (χ1) is 14.7. The molecule has 1 amide bonds. The van der Waals surface area contributed by atoms with E-state index < -0.39 is 21.7 Å². The lowest BCUT2D eigenvalue weighted by atomic mass is 10.2. The first-order valence-electron chi connectivity index (χ1n) is 9.51. The number of carbonyl (C=O) groups excluding carboxylic acids is 2. The van der Waals surface area contributed by atoms with Gasteiger partial charge in [0.15, 0.2) is 14.6 Å². The summed E-state index contributed by atoms with van der Waals surface area (Å²) in [6, 6.07) is 11.4. The molecule has 0 aliphatic rings. The number of carbonyl (C=O) groups is 2. The highest BCUT2D eigenvalue weighted by Crippen LogP contribution is 2.26. The largest absolute Gasteiger partial charge is 0.465 e. The van der Waals surface area contributed by atoms with Gasteiger partial charge in [-0.1, -0.05) is 41.1 Å². The fraction of sp³-hybridized carbons (Fsp3) is 0.286. The fourth-order valence-electron chi connectivity index (χ4n) is 3.07. The number of thiazole rings is 1. The van der Waals surface area contributed by atoms with Crippen LogP contribution in [0.1, 0.15) is 18.9 Å². The van der Waals surface area contributed by atoms with Crippen molar-refractivity contribution in [2.24, 2.45) is 4.99 Å². The molecule has 0 aliphatic heterocycles. The summed E-state index contributed by atoms with van der Waals surface area (Å²) in [5, 5.41) is 0.529. The first-order valence-corrected chi connectivity index (χ1v) is 12.4. The number of benzene rings is 2. The number of aryl methyl sites for hydroxylation is 1. The molecule has 10 heteroatoms. The van der Waals surface area contributed by atoms with Crippen molar-refractivity contribution < 1.29 is 22.7 Å². The molecule has 164 valence electrons. The van der Waals surface area contributed by atoms with E-state index in [4.69, 9.17) is 16.3 Å². The van der Waals surface area contributed by atoms with Crippen LogP contribution in [0, 0.1) is 6.92 Å². The van der Waals surface area contributed by atoms with Gasteiger partial charge in [-0.2, -0.15) is 4.99 Å². The number of amides is 1. The van der Waals surface area contributed by atoms with Gasteiger partial charge in [0.05, 0.1) is 27.5 Å². The van der Waals surface area contributed by atoms with Gasteiger partial charge in [0.25, 0.3) is 0 Å². The van der Waals surface area contributed by atoms with Crippen molar-refractivity contribution >= 4 is 54.9 Å². The fourth-order valence-corrected chi connectivity index (χ4v) is 5.83. The van der Waals surface area contributed by atoms with Crippen molar-refractivity contribution in [3.63, 3.8) is 0 Å². The molecule has 31 heavy (non-hydrogen) atoms. The van der Waals surface area contributed by atoms with Crippen LogP contribution in [-0.2, 0) is 30.7 Å². The number of nitrogens with zero attached hydrogens (tertiary/aromatic N) is 2. The molecule has 0 saturated heterocycles. The predicted molar refractivity (Wildman–Crippen MR) is 120 cm³/mol. The Morgan fingerprint density at radius 2 is 1.90 bits per heavy atom. The molecule has 0 saturated carbocycles. The van der Waals surface area contributed by atoms with Gasteiger partial charge >= 0.3 is 5.97 Å². The quantitative estimate of drug-likeness (QED) is 0.482. The number of hydrogen-bond donors (Lipinski definition) is 0. The van der Waals surface area contributed by atoms with Crippen LogP contribution in [-0.4, -0.2) is 37.2 Å². The third-order valence-corrected chi connectivity index (χ3v) is 7.41. The smallest absolute Gasteiger partial charge is 0.326 e. The lowest BCUT2D eigenvalue weighted by Gasteiger charge is -2.07. The van der Waals surface area contributed by atoms with Crippen molar-refractivity contribution in [2.75, 3.05) is 12.4 Å². The topological polar surface area (TPSA) is 94.8 Å². The van der Waals surface area contributed by atoms with Crippen molar-refractivity contribution in [1.82, 2.24) is 4.57 Å². The van der Waals surface area contributed by atoms with E-state index in [1.54, 1.807) is 41.8 Å². The monoisotopic (exact) mass is 480 g/mol. The maximum Gasteiger partial charge on any atom is 0.326 e. The summed E-state index contributed by atoms with van der Waals surface area (Å²) in [7, 11) is -3.60. The van der Waals surface area contributed by atoms with Crippen LogP contribution in [0.2, 0.25) is 5.02 Å². The van der Waals surface area contributed by atoms with E-state index in [1.165, 1.54) is 23.5 Å². The molecule has 2 aromatic carbocycles. The van der Waals surface area contributed by atoms with Gasteiger partial charge in [-0.05, 0) is 43.7 Å². The standard InChI is InChI=1S/C21H21ClN2O5S2/c1-3-29-19(26)13-24-20-14(2)11-15(22)12-17(20)30-21(24)23-18(25)9-10-31(27,28)16-7-5-4-6-8-16/h4-8,11-12H,3,9-10,13H2,1-2H3. The van der Waals surface area contributed by atoms with Gasteiger partial charge in [-0.3, -0.25) is 9.59 Å². The summed E-state index contributed by atoms with van der Waals surface area (Å²) in [6.45, 7) is 3.67. The Bertz CT molecular complexity index is 1290. The molecule has 0 bridgehead atoms. The van der Waals surface area contributed by atoms with Crippen LogP contribution in [0.15, 0.2) is 52.4 Å². The number of ether oxygens (including phenoxy) is 1. The van der Waals surface area contributed by atoms with Gasteiger partial charge in [0.2, 0.25) is 5.91 Å². The van der Waals surface area contributed by atoms with Gasteiger partial charge in [0.1, 0.15) is 6.54 Å². The van der Waals surface area contributed by atoms with Crippen molar-refractivity contribution in [2.45, 2.75) is 31.7 Å². The highest BCUT2D eigenvalue weighted by atomic mass is 35.5. The Morgan fingerprint density at radius 1 is 1.19 bits per heavy atom. The molecule has 0 atom stereocenters. The van der Waals surface area contributed by atoms with Crippen molar-refractivity contribution in [3.05, 3.63) is 57.9 Å². The number of hydrogen-bond acceptors (Lipinski definition) is 6. The highest BCUT2D eigenvalue weighted by Gasteiger charge is 2.18. The second kappa shape index (κ2) is 9.76. The number of rotatable bonds is 7. The zero-order valence-electron chi connectivity index (χ0n) is 17.0. The summed E-state index contributed by atoms with van der Waals surface area (Å²) in [4.78, 5) is 29.2. The Balaban J connectivity index is 1.94. The molecule has 0 N–H and O–H groups in total. The van der Waals surface area contributed by atoms with Crippen LogP contribution in [0.25, 0.3) is 10.2 Å². The van der Waals surface area contributed by atoms with Crippen LogP contribution < -0.4 is 4.80 Å². The van der Waals surface area contributed by atoms with Crippen LogP contribution >= 0.6 is 22.9 Å². The second-order valence-corrected chi connectivity index (χ2v) is 10.3. The predicted octanol–water partition coefficient (Wildman–Crippen LogP) is 3.52. The average Bonchev–Trinajstić information content (AvgIpc) is 3.04. The van der Waals surface area contributed by atoms with Gasteiger partial charge in [0, 0.05) is 11.4 Å². The summed E-state index contributed by atoms with van der Waals surface area (Å²) in [5.74, 6) is -1.41. The lowest BCUT2D eigenvalue weighted by Crippen LogP contribution is -2.23. The molecule has 7 nitrogen and oxygen atoms in total. The van der Waals surface area contributed by atoms with E-state index >= 15 is 0 Å². The minimum absolute atomic E-state index is 0.120. The Labute approximate surface area is 188 Å². The van der Waals surface area contributed by atoms with E-state index in [1.807, 2.05) is 6.92 Å². The maximum atomic E-state index is 12.5. The van der Waals surface area contributed by atoms with Crippen molar-refractivity contribution in [3.8, 4) is 0 Å². The molecule has 3 aromatic rings. The summed E-state index contributed by atoms with van der Waals surface area (Å²) >= 11 is 7.35. The van der Waals surface area contributed by atoms with Gasteiger partial charge in [-0.25, -0.2) is 8.42 Å². The minimum atomic E-state index is -3.60. The molecule has 0 aliphatic carbocycles. The number of sulfone groups is 1. The maximum absolute atomic E-state index is 12.5. The molecule has 0 spiro atoms. The summed E-state index contributed by atoms with van der Waals surface area (Å²) < 4.78 is 32.3. The minimum Gasteiger partial charge on any atom is -0.465 e. The molecule has 3 rings (SSSR count). The normalized spacial score (nSPS) is 12.3. The van der Waals surface area contributed by atoms with Crippen LogP contribution in [0.5, 0.6) is 0 Å². The van der Waals surface area contributed by atoms with E-state index in [-0.39, 0.29) is 35.0 Å². The molecule has 0 radical (unpaired) electrons. The summed E-state index contributed by atoms with van der Waals surface area (Å²) in [6.07, 6.45) is -0.273. The molecular weight excluding hydrogens is 460 g/mol. The van der Waals surface area contributed by atoms with Crippen LogP contribution in [0.3, 0.4) is 0 Å². The number of esters is 1. The molecule has 0 fully saturated rings. The number of fused-ring (bicyclic) bond motifs is 1. The average molecular weight is 481 g/mol. The Morgan fingerprint density at radius 3 is 2.58 bits per heavy atom. The van der Waals surface area contributed by atoms with Gasteiger partial charge in [-0.15, -0.1) is 0 Å². The molecular formula is C21H21ClN2O5S2. The Hall–Kier alpha value is -2.49. The van der Waals surface area contributed by atoms with Crippen molar-refractivity contribution in [1.29, 1.82) is 0 Å². The Kier molecular flexibility index (Phi) is 7.30. The van der Waals surface area contributed by atoms with E-state index in [9.17, 15) is 18.0 Å². The molecule has 1 heterocycles. The van der Waals surface area contributed by atoms with E-state index in [0.29, 0.717) is 5.02 Å².